The number of halogens is 1. The number of carbonyl (C=O) groups excluding carboxylic acids is 1. The summed E-state index contributed by atoms with van der Waals surface area (Å²) in [4.78, 5) is 28.5. The van der Waals surface area contributed by atoms with E-state index in [1.165, 1.54) is 16.0 Å². The third-order valence-electron chi connectivity index (χ3n) is 3.95. The minimum absolute atomic E-state index is 0.0780. The van der Waals surface area contributed by atoms with Gasteiger partial charge in [-0.25, -0.2) is 4.68 Å². The predicted molar refractivity (Wildman–Crippen MR) is 94.2 cm³/mol. The highest BCUT2D eigenvalue weighted by Gasteiger charge is 2.22. The Bertz CT molecular complexity index is 759. The van der Waals surface area contributed by atoms with Gasteiger partial charge in [0.15, 0.2) is 0 Å². The number of carbonyl (C=O) groups is 1. The molecule has 0 radical (unpaired) electrons. The third-order valence-corrected chi connectivity index (χ3v) is 5.38. The Labute approximate surface area is 146 Å². The van der Waals surface area contributed by atoms with Crippen molar-refractivity contribution < 1.29 is 4.79 Å². The first-order valence-electron chi connectivity index (χ1n) is 7.36. The average molecular weight is 397 g/mol. The lowest BCUT2D eigenvalue weighted by atomic mass is 10.3. The number of hydrogen-bond donors (Lipinski definition) is 0. The van der Waals surface area contributed by atoms with Gasteiger partial charge < -0.3 is 9.80 Å². The van der Waals surface area contributed by atoms with Crippen LogP contribution in [0.4, 0.5) is 5.69 Å². The van der Waals surface area contributed by atoms with Gasteiger partial charge in [-0.1, -0.05) is 0 Å². The maximum Gasteiger partial charge on any atom is 0.282 e. The Kier molecular flexibility index (Phi) is 4.82. The first-order valence-corrected chi connectivity index (χ1v) is 9.09. The van der Waals surface area contributed by atoms with Crippen LogP contribution in [0.1, 0.15) is 16.8 Å². The van der Waals surface area contributed by atoms with Gasteiger partial charge in [-0.05, 0) is 33.8 Å². The molecule has 6 nitrogen and oxygen atoms in total. The molecule has 1 saturated heterocycles. The van der Waals surface area contributed by atoms with Gasteiger partial charge in [-0.15, -0.1) is 0 Å². The number of aryl methyl sites for hydroxylation is 1. The van der Waals surface area contributed by atoms with E-state index in [9.17, 15) is 9.59 Å². The number of hydrogen-bond acceptors (Lipinski definition) is 5. The fourth-order valence-corrected chi connectivity index (χ4v) is 3.89. The van der Waals surface area contributed by atoms with Crippen molar-refractivity contribution in [2.45, 2.75) is 6.42 Å². The Morgan fingerprint density at radius 2 is 2.13 bits per heavy atom. The molecule has 23 heavy (non-hydrogen) atoms. The van der Waals surface area contributed by atoms with Gasteiger partial charge >= 0.3 is 0 Å². The second-order valence-corrected chi connectivity index (χ2v) is 6.99. The van der Waals surface area contributed by atoms with Crippen LogP contribution in [-0.4, -0.2) is 46.8 Å². The standard InChI is InChI=1S/C15H17BrN4O2S/c1-18-15(22)13(16)12(9-17-18)19-4-2-5-20(7-6-19)14(21)11-3-8-23-10-11/h3,8-10H,2,4-7H2,1H3. The SMILES string of the molecule is Cn1ncc(N2CCCN(C(=O)c3ccsc3)CC2)c(Br)c1=O. The molecule has 2 aromatic heterocycles. The highest BCUT2D eigenvalue weighted by molar-refractivity contribution is 9.10. The molecule has 0 spiro atoms. The average Bonchev–Trinajstić information content (AvgIpc) is 2.98. The van der Waals surface area contributed by atoms with E-state index in [-0.39, 0.29) is 11.5 Å². The molecule has 0 aromatic carbocycles. The zero-order valence-electron chi connectivity index (χ0n) is 12.7. The zero-order chi connectivity index (χ0) is 16.4. The molecule has 0 aliphatic carbocycles. The highest BCUT2D eigenvalue weighted by Crippen LogP contribution is 2.23. The molecule has 3 rings (SSSR count). The van der Waals surface area contributed by atoms with E-state index in [0.717, 1.165) is 30.8 Å². The maximum absolute atomic E-state index is 12.5. The van der Waals surface area contributed by atoms with E-state index in [4.69, 9.17) is 0 Å². The van der Waals surface area contributed by atoms with E-state index in [1.807, 2.05) is 21.7 Å². The fourth-order valence-electron chi connectivity index (χ4n) is 2.65. The van der Waals surface area contributed by atoms with Crippen LogP contribution < -0.4 is 10.5 Å². The van der Waals surface area contributed by atoms with Gasteiger partial charge in [0.05, 0.1) is 17.4 Å². The van der Waals surface area contributed by atoms with Gasteiger partial charge in [0.2, 0.25) is 0 Å². The fraction of sp³-hybridized carbons (Fsp3) is 0.400. The number of aromatic nitrogens is 2. The Morgan fingerprint density at radius 1 is 1.30 bits per heavy atom. The minimum Gasteiger partial charge on any atom is -0.367 e. The van der Waals surface area contributed by atoms with Crippen LogP contribution in [0.5, 0.6) is 0 Å². The molecular weight excluding hydrogens is 380 g/mol. The normalized spacial score (nSPS) is 15.6. The smallest absolute Gasteiger partial charge is 0.282 e. The van der Waals surface area contributed by atoms with E-state index in [2.05, 4.69) is 25.9 Å². The summed E-state index contributed by atoms with van der Waals surface area (Å²) in [6, 6.07) is 1.86. The summed E-state index contributed by atoms with van der Waals surface area (Å²) < 4.78 is 1.82. The Balaban J connectivity index is 1.75. The summed E-state index contributed by atoms with van der Waals surface area (Å²) in [5.74, 6) is 0.0780. The van der Waals surface area contributed by atoms with Crippen molar-refractivity contribution in [3.8, 4) is 0 Å². The molecule has 0 saturated carbocycles. The van der Waals surface area contributed by atoms with Gasteiger partial charge in [0.25, 0.3) is 11.5 Å². The van der Waals surface area contributed by atoms with Crippen molar-refractivity contribution in [1.29, 1.82) is 0 Å². The van der Waals surface area contributed by atoms with Gasteiger partial charge in [-0.2, -0.15) is 16.4 Å². The first kappa shape index (κ1) is 16.2. The lowest BCUT2D eigenvalue weighted by molar-refractivity contribution is 0.0767. The summed E-state index contributed by atoms with van der Waals surface area (Å²) >= 11 is 4.90. The monoisotopic (exact) mass is 396 g/mol. The Hall–Kier alpha value is -1.67. The number of anilines is 1. The molecule has 1 aliphatic rings. The zero-order valence-corrected chi connectivity index (χ0v) is 15.1. The van der Waals surface area contributed by atoms with Gasteiger partial charge in [-0.3, -0.25) is 9.59 Å². The maximum atomic E-state index is 12.5. The van der Waals surface area contributed by atoms with Crippen LogP contribution in [0.3, 0.4) is 0 Å². The van der Waals surface area contributed by atoms with Crippen LogP contribution in [0.15, 0.2) is 32.3 Å². The molecule has 2 aromatic rings. The molecule has 8 heteroatoms. The molecule has 1 aliphatic heterocycles. The largest absolute Gasteiger partial charge is 0.367 e. The molecule has 1 fully saturated rings. The minimum atomic E-state index is -0.155. The quantitative estimate of drug-likeness (QED) is 0.778. The number of amides is 1. The number of rotatable bonds is 2. The van der Waals surface area contributed by atoms with Gasteiger partial charge in [0.1, 0.15) is 4.47 Å². The summed E-state index contributed by atoms with van der Waals surface area (Å²) in [5, 5.41) is 7.89. The Morgan fingerprint density at radius 3 is 2.87 bits per heavy atom. The third kappa shape index (κ3) is 3.32. The van der Waals surface area contributed by atoms with Crippen LogP contribution in [0.2, 0.25) is 0 Å². The first-order chi connectivity index (χ1) is 11.1. The van der Waals surface area contributed by atoms with Crippen molar-refractivity contribution in [3.63, 3.8) is 0 Å². The second-order valence-electron chi connectivity index (χ2n) is 5.42. The van der Waals surface area contributed by atoms with Crippen molar-refractivity contribution in [3.05, 3.63) is 43.4 Å². The molecular formula is C15H17BrN4O2S. The molecule has 1 amide bonds. The molecule has 122 valence electrons. The second kappa shape index (κ2) is 6.84. The van der Waals surface area contributed by atoms with Crippen molar-refractivity contribution >= 4 is 38.9 Å². The molecule has 0 atom stereocenters. The van der Waals surface area contributed by atoms with E-state index in [0.29, 0.717) is 17.6 Å². The van der Waals surface area contributed by atoms with E-state index >= 15 is 0 Å². The van der Waals surface area contributed by atoms with Crippen LogP contribution in [-0.2, 0) is 7.05 Å². The highest BCUT2D eigenvalue weighted by atomic mass is 79.9. The number of nitrogens with zero attached hydrogens (tertiary/aromatic N) is 4. The van der Waals surface area contributed by atoms with Crippen molar-refractivity contribution in [2.75, 3.05) is 31.1 Å². The lowest BCUT2D eigenvalue weighted by Gasteiger charge is -2.24. The molecule has 0 unspecified atom stereocenters. The van der Waals surface area contributed by atoms with Crippen LogP contribution >= 0.6 is 27.3 Å². The number of thiophene rings is 1. The predicted octanol–water partition coefficient (Wildman–Crippen LogP) is 1.96. The molecule has 0 N–H and O–H groups in total. The molecule has 0 bridgehead atoms. The van der Waals surface area contributed by atoms with E-state index < -0.39 is 0 Å². The lowest BCUT2D eigenvalue weighted by Crippen LogP contribution is -2.35. The van der Waals surface area contributed by atoms with Crippen molar-refractivity contribution in [2.24, 2.45) is 7.05 Å². The summed E-state index contributed by atoms with van der Waals surface area (Å²) in [7, 11) is 1.63. The van der Waals surface area contributed by atoms with Crippen LogP contribution in [0.25, 0.3) is 0 Å². The summed E-state index contributed by atoms with van der Waals surface area (Å²) in [5.41, 5.74) is 1.38. The van der Waals surface area contributed by atoms with Crippen molar-refractivity contribution in [1.82, 2.24) is 14.7 Å². The summed E-state index contributed by atoms with van der Waals surface area (Å²) in [6.07, 6.45) is 2.55. The molecule has 3 heterocycles. The van der Waals surface area contributed by atoms with E-state index in [1.54, 1.807) is 13.2 Å². The topological polar surface area (TPSA) is 58.4 Å². The van der Waals surface area contributed by atoms with Gasteiger partial charge in [0, 0.05) is 38.6 Å². The summed E-state index contributed by atoms with van der Waals surface area (Å²) in [6.45, 7) is 2.83. The van der Waals surface area contributed by atoms with Crippen LogP contribution in [0, 0.1) is 0 Å².